The lowest BCUT2D eigenvalue weighted by atomic mass is 10.2. The third-order valence-electron chi connectivity index (χ3n) is 3.44. The Morgan fingerprint density at radius 3 is 2.21 bits per heavy atom. The Hall–Kier alpha value is -2.18. The van der Waals surface area contributed by atoms with E-state index in [4.69, 9.17) is 11.5 Å². The first kappa shape index (κ1) is 16.7. The van der Waals surface area contributed by atoms with Crippen LogP contribution in [0.15, 0.2) is 69.9 Å². The zero-order valence-corrected chi connectivity index (χ0v) is 15.8. The number of benzene rings is 2. The van der Waals surface area contributed by atoms with Crippen LogP contribution in [0.5, 0.6) is 0 Å². The van der Waals surface area contributed by atoms with Crippen molar-refractivity contribution in [1.29, 1.82) is 0 Å². The first-order valence-corrected chi connectivity index (χ1v) is 8.72. The van der Waals surface area contributed by atoms with Gasteiger partial charge in [0.1, 0.15) is 11.6 Å². The van der Waals surface area contributed by atoms with E-state index in [-0.39, 0.29) is 0 Å². The summed E-state index contributed by atoms with van der Waals surface area (Å²) in [6, 6.07) is 15.7. The molecule has 0 radical (unpaired) electrons. The summed E-state index contributed by atoms with van der Waals surface area (Å²) < 4.78 is 2.11. The Bertz CT molecular complexity index is 969. The maximum Gasteiger partial charge on any atom is 0.123 e. The van der Waals surface area contributed by atoms with Gasteiger partial charge in [-0.3, -0.25) is 0 Å². The second kappa shape index (κ2) is 7.15. The van der Waals surface area contributed by atoms with Gasteiger partial charge in [0.25, 0.3) is 0 Å². The molecule has 0 fully saturated rings. The number of nitrogens with two attached hydrogens (primary N) is 2. The van der Waals surface area contributed by atoms with Gasteiger partial charge in [-0.25, -0.2) is 9.97 Å². The smallest absolute Gasteiger partial charge is 0.123 e. The van der Waals surface area contributed by atoms with E-state index in [1.807, 2.05) is 48.5 Å². The molecule has 0 spiro atoms. The lowest BCUT2D eigenvalue weighted by Gasteiger charge is -1.99. The van der Waals surface area contributed by atoms with Gasteiger partial charge in [-0.05, 0) is 35.7 Å². The average molecular weight is 446 g/mol. The third-order valence-corrected chi connectivity index (χ3v) is 4.62. The van der Waals surface area contributed by atoms with Crippen LogP contribution in [-0.4, -0.2) is 9.97 Å². The molecule has 0 bridgehead atoms. The molecule has 2 heterocycles. The van der Waals surface area contributed by atoms with Gasteiger partial charge < -0.3 is 11.5 Å². The number of anilines is 2. The quantitative estimate of drug-likeness (QED) is 0.391. The van der Waals surface area contributed by atoms with Crippen molar-refractivity contribution in [2.45, 2.75) is 0 Å². The van der Waals surface area contributed by atoms with Gasteiger partial charge in [0.2, 0.25) is 0 Å². The van der Waals surface area contributed by atoms with E-state index >= 15 is 0 Å². The number of fused-ring (bicyclic) bond motifs is 2. The van der Waals surface area contributed by atoms with Gasteiger partial charge >= 0.3 is 0 Å². The van der Waals surface area contributed by atoms with E-state index in [0.717, 1.165) is 30.5 Å². The Balaban J connectivity index is 0.000000141. The fraction of sp³-hybridized carbons (Fsp3) is 0. The minimum atomic E-state index is 0.550. The van der Waals surface area contributed by atoms with Gasteiger partial charge in [-0.2, -0.15) is 0 Å². The molecule has 0 saturated heterocycles. The van der Waals surface area contributed by atoms with E-state index in [0.29, 0.717) is 11.6 Å². The molecule has 0 saturated carbocycles. The molecular weight excluding hydrogens is 432 g/mol. The maximum atomic E-state index is 5.56. The number of rotatable bonds is 0. The monoisotopic (exact) mass is 444 g/mol. The summed E-state index contributed by atoms with van der Waals surface area (Å²) in [5, 5.41) is 4.41. The average Bonchev–Trinajstić information content (AvgIpc) is 2.57. The molecule has 0 unspecified atom stereocenters. The van der Waals surface area contributed by atoms with E-state index < -0.39 is 0 Å². The molecule has 120 valence electrons. The molecule has 24 heavy (non-hydrogen) atoms. The van der Waals surface area contributed by atoms with Crippen LogP contribution in [0.25, 0.3) is 21.5 Å². The molecule has 0 atom stereocenters. The lowest BCUT2D eigenvalue weighted by Crippen LogP contribution is -1.88. The predicted molar refractivity (Wildman–Crippen MR) is 108 cm³/mol. The highest BCUT2D eigenvalue weighted by Crippen LogP contribution is 2.24. The highest BCUT2D eigenvalue weighted by Gasteiger charge is 1.98. The summed E-state index contributed by atoms with van der Waals surface area (Å²) in [4.78, 5) is 8.01. The zero-order chi connectivity index (χ0) is 17.1. The molecule has 0 aliphatic heterocycles. The topological polar surface area (TPSA) is 77.8 Å². The Labute approximate surface area is 156 Å². The van der Waals surface area contributed by atoms with Crippen molar-refractivity contribution in [1.82, 2.24) is 9.97 Å². The summed E-state index contributed by atoms with van der Waals surface area (Å²) in [5.74, 6) is 1.11. The number of pyridine rings is 2. The molecule has 2 aromatic heterocycles. The molecule has 6 heteroatoms. The van der Waals surface area contributed by atoms with Crippen LogP contribution in [0.4, 0.5) is 11.6 Å². The molecule has 4 rings (SSSR count). The van der Waals surface area contributed by atoms with Crippen molar-refractivity contribution in [2.24, 2.45) is 0 Å². The minimum Gasteiger partial charge on any atom is -0.384 e. The summed E-state index contributed by atoms with van der Waals surface area (Å²) in [6.07, 6.45) is 3.55. The number of hydrogen-bond donors (Lipinski definition) is 2. The Kier molecular flexibility index (Phi) is 4.97. The van der Waals surface area contributed by atoms with Crippen LogP contribution in [0, 0.1) is 0 Å². The Morgan fingerprint density at radius 1 is 0.708 bits per heavy atom. The lowest BCUT2D eigenvalue weighted by molar-refractivity contribution is 1.37. The molecule has 0 aliphatic carbocycles. The first-order valence-electron chi connectivity index (χ1n) is 7.13. The molecule has 0 aliphatic rings. The number of halogens is 2. The van der Waals surface area contributed by atoms with E-state index in [1.165, 1.54) is 0 Å². The summed E-state index contributed by atoms with van der Waals surface area (Å²) in [5.41, 5.74) is 11.1. The number of aromatic nitrogens is 2. The van der Waals surface area contributed by atoms with E-state index in [2.05, 4.69) is 41.8 Å². The van der Waals surface area contributed by atoms with Gasteiger partial charge in [0.05, 0.1) is 0 Å². The summed E-state index contributed by atoms with van der Waals surface area (Å²) >= 11 is 6.84. The van der Waals surface area contributed by atoms with Crippen LogP contribution in [0.3, 0.4) is 0 Å². The van der Waals surface area contributed by atoms with Gasteiger partial charge in [-0.15, -0.1) is 0 Å². The molecule has 4 aromatic rings. The van der Waals surface area contributed by atoms with Gasteiger partial charge in [-0.1, -0.05) is 50.1 Å². The third kappa shape index (κ3) is 3.83. The first-order chi connectivity index (χ1) is 11.5. The van der Waals surface area contributed by atoms with Crippen molar-refractivity contribution in [3.8, 4) is 0 Å². The standard InChI is InChI=1S/2C9H7BrN2/c10-8-2-1-6-4-9(11)12-5-7(6)3-8;10-8-3-1-2-6-5-12-9(11)4-7(6)8/h2*1-5H,(H2,11,12). The molecule has 4 nitrogen and oxygen atoms in total. The zero-order valence-electron chi connectivity index (χ0n) is 12.6. The minimum absolute atomic E-state index is 0.550. The Morgan fingerprint density at radius 2 is 1.42 bits per heavy atom. The van der Waals surface area contributed by atoms with Crippen LogP contribution >= 0.6 is 31.9 Å². The fourth-order valence-corrected chi connectivity index (χ4v) is 3.15. The van der Waals surface area contributed by atoms with Crippen molar-refractivity contribution >= 4 is 65.0 Å². The second-order valence-corrected chi connectivity index (χ2v) is 6.94. The van der Waals surface area contributed by atoms with E-state index in [1.54, 1.807) is 12.4 Å². The SMILES string of the molecule is Nc1cc2c(Br)cccc2cn1.Nc1cc2ccc(Br)cc2cn1. The van der Waals surface area contributed by atoms with Crippen molar-refractivity contribution in [3.63, 3.8) is 0 Å². The number of hydrogen-bond acceptors (Lipinski definition) is 4. The molecule has 2 aromatic carbocycles. The van der Waals surface area contributed by atoms with Gasteiger partial charge in [0.15, 0.2) is 0 Å². The maximum absolute atomic E-state index is 5.56. The second-order valence-electron chi connectivity index (χ2n) is 5.17. The fourth-order valence-electron chi connectivity index (χ4n) is 2.28. The van der Waals surface area contributed by atoms with Crippen molar-refractivity contribution in [2.75, 3.05) is 11.5 Å². The normalized spacial score (nSPS) is 10.4. The van der Waals surface area contributed by atoms with Crippen molar-refractivity contribution in [3.05, 3.63) is 69.9 Å². The molecular formula is C18H14Br2N4. The summed E-state index contributed by atoms with van der Waals surface area (Å²) in [7, 11) is 0. The predicted octanol–water partition coefficient (Wildman–Crippen LogP) is 5.16. The molecule has 0 amide bonds. The number of nitrogen functional groups attached to an aromatic ring is 2. The molecule has 4 N–H and O–H groups in total. The van der Waals surface area contributed by atoms with E-state index in [9.17, 15) is 0 Å². The van der Waals surface area contributed by atoms with Crippen LogP contribution < -0.4 is 11.5 Å². The number of nitrogens with zero attached hydrogens (tertiary/aromatic N) is 2. The van der Waals surface area contributed by atoms with Crippen LogP contribution in [-0.2, 0) is 0 Å². The van der Waals surface area contributed by atoms with Crippen LogP contribution in [0.1, 0.15) is 0 Å². The van der Waals surface area contributed by atoms with Crippen molar-refractivity contribution < 1.29 is 0 Å². The van der Waals surface area contributed by atoms with Crippen LogP contribution in [0.2, 0.25) is 0 Å². The highest BCUT2D eigenvalue weighted by atomic mass is 79.9. The highest BCUT2D eigenvalue weighted by molar-refractivity contribution is 9.11. The largest absolute Gasteiger partial charge is 0.384 e. The summed E-state index contributed by atoms with van der Waals surface area (Å²) in [6.45, 7) is 0. The van der Waals surface area contributed by atoms with Gasteiger partial charge in [0, 0.05) is 37.5 Å².